The molecule has 3 amide bonds. The number of hydroxylamine groups is 1. The number of ether oxygens (including phenoxy) is 1. The van der Waals surface area contributed by atoms with E-state index < -0.39 is 29.6 Å². The highest BCUT2D eigenvalue weighted by molar-refractivity contribution is 6.00. The van der Waals surface area contributed by atoms with Crippen LogP contribution < -0.4 is 15.5 Å². The Kier molecular flexibility index (Phi) is 12.2. The molecule has 4 bridgehead atoms. The van der Waals surface area contributed by atoms with E-state index in [1.165, 1.54) is 0 Å². The number of rotatable bonds is 8. The zero-order chi connectivity index (χ0) is 33.7. The minimum absolute atomic E-state index is 0. The molecule has 2 aromatic carbocycles. The summed E-state index contributed by atoms with van der Waals surface area (Å²) in [4.78, 5) is 62.8. The van der Waals surface area contributed by atoms with E-state index in [2.05, 4.69) is 22.6 Å². The molecular formula is C37H49ClN4O7. The van der Waals surface area contributed by atoms with Crippen molar-refractivity contribution >= 4 is 36.1 Å². The monoisotopic (exact) mass is 696 g/mol. The first-order valence-corrected chi connectivity index (χ1v) is 17.7. The predicted octanol–water partition coefficient (Wildman–Crippen LogP) is 4.87. The molecule has 0 aromatic heterocycles. The fraction of sp³-hybridized carbons (Fsp3) is 0.568. The van der Waals surface area contributed by atoms with Crippen LogP contribution in [0.5, 0.6) is 11.5 Å². The van der Waals surface area contributed by atoms with Gasteiger partial charge in [0.25, 0.3) is 5.91 Å². The molecule has 0 radical (unpaired) electrons. The van der Waals surface area contributed by atoms with Crippen molar-refractivity contribution in [1.82, 2.24) is 20.6 Å². The lowest BCUT2D eigenvalue weighted by atomic mass is 9.77. The molecule has 49 heavy (non-hydrogen) atoms. The van der Waals surface area contributed by atoms with Crippen molar-refractivity contribution in [3.8, 4) is 11.5 Å². The second kappa shape index (κ2) is 16.4. The van der Waals surface area contributed by atoms with Crippen LogP contribution in [0, 0.1) is 5.92 Å². The van der Waals surface area contributed by atoms with E-state index >= 15 is 0 Å². The van der Waals surface area contributed by atoms with Crippen LogP contribution >= 0.6 is 12.4 Å². The number of piperazine rings is 1. The van der Waals surface area contributed by atoms with Crippen LogP contribution in [0.2, 0.25) is 0 Å². The lowest BCUT2D eigenvalue weighted by Crippen LogP contribution is -2.75. The smallest absolute Gasteiger partial charge is 0.332 e. The van der Waals surface area contributed by atoms with Crippen molar-refractivity contribution in [2.24, 2.45) is 5.92 Å². The number of halogens is 1. The molecule has 0 unspecified atom stereocenters. The Hall–Kier alpha value is -3.67. The van der Waals surface area contributed by atoms with Crippen molar-refractivity contribution in [2.75, 3.05) is 26.2 Å². The van der Waals surface area contributed by atoms with Crippen LogP contribution in [0.1, 0.15) is 99.4 Å². The zero-order valence-corrected chi connectivity index (χ0v) is 29.1. The Morgan fingerprint density at radius 1 is 0.918 bits per heavy atom. The number of aliphatic hydroxyl groups is 1. The van der Waals surface area contributed by atoms with Gasteiger partial charge in [-0.15, -0.1) is 12.4 Å². The SMILES string of the molecule is CCCCCN1C(=O)[C@@H]([C@H](O)C2CCCCC2)NC(=O)C12CCN(C[C@@H]1CC(=O)ONC(=O)c3ccc(cc3)Oc3ccc1cc3)CC2.Cl. The molecule has 5 aliphatic heterocycles. The molecule has 12 heteroatoms. The maximum atomic E-state index is 14.1. The van der Waals surface area contributed by atoms with Gasteiger partial charge in [0.2, 0.25) is 11.8 Å². The quantitative estimate of drug-likeness (QED) is 0.333. The summed E-state index contributed by atoms with van der Waals surface area (Å²) in [6, 6.07) is 13.3. The average Bonchev–Trinajstić information content (AvgIpc) is 3.12. The molecule has 8 rings (SSSR count). The van der Waals surface area contributed by atoms with Gasteiger partial charge in [-0.25, -0.2) is 4.79 Å². The van der Waals surface area contributed by atoms with Gasteiger partial charge in [0.1, 0.15) is 23.1 Å². The number of carbonyl (C=O) groups is 4. The zero-order valence-electron chi connectivity index (χ0n) is 28.2. The molecule has 2 saturated heterocycles. The molecule has 3 atom stereocenters. The van der Waals surface area contributed by atoms with Crippen molar-refractivity contribution in [3.63, 3.8) is 0 Å². The van der Waals surface area contributed by atoms with Crippen LogP contribution in [-0.2, 0) is 19.2 Å². The summed E-state index contributed by atoms with van der Waals surface area (Å²) in [6.07, 6.45) is 7.79. The molecule has 11 nitrogen and oxygen atoms in total. The number of carbonyl (C=O) groups excluding carboxylic acids is 4. The van der Waals surface area contributed by atoms with E-state index in [0.29, 0.717) is 56.1 Å². The van der Waals surface area contributed by atoms with Gasteiger partial charge in [-0.3, -0.25) is 14.4 Å². The molecule has 3 fully saturated rings. The minimum Gasteiger partial charge on any atom is -0.457 e. The number of likely N-dealkylation sites (tertiary alicyclic amines) is 1. The van der Waals surface area contributed by atoms with Gasteiger partial charge in [-0.05, 0) is 80.0 Å². The highest BCUT2D eigenvalue weighted by Gasteiger charge is 2.55. The van der Waals surface area contributed by atoms with Crippen LogP contribution in [0.4, 0.5) is 0 Å². The van der Waals surface area contributed by atoms with Crippen LogP contribution in [0.25, 0.3) is 0 Å². The third-order valence-electron chi connectivity index (χ3n) is 10.8. The Morgan fingerprint density at radius 2 is 1.57 bits per heavy atom. The summed E-state index contributed by atoms with van der Waals surface area (Å²) in [7, 11) is 0. The number of benzene rings is 2. The molecular weight excluding hydrogens is 648 g/mol. The van der Waals surface area contributed by atoms with Gasteiger partial charge >= 0.3 is 5.97 Å². The fourth-order valence-corrected chi connectivity index (χ4v) is 7.89. The first-order valence-electron chi connectivity index (χ1n) is 17.7. The maximum absolute atomic E-state index is 14.1. The first-order chi connectivity index (χ1) is 23.3. The van der Waals surface area contributed by atoms with Gasteiger partial charge in [0.15, 0.2) is 0 Å². The van der Waals surface area contributed by atoms with Crippen molar-refractivity contribution < 1.29 is 33.9 Å². The van der Waals surface area contributed by atoms with Crippen LogP contribution in [-0.4, -0.2) is 82.5 Å². The normalized spacial score (nSPS) is 23.8. The Balaban J connectivity index is 0.00000468. The van der Waals surface area contributed by atoms with Gasteiger partial charge in [0.05, 0.1) is 12.5 Å². The van der Waals surface area contributed by atoms with E-state index in [1.807, 2.05) is 24.3 Å². The number of fused-ring (bicyclic) bond motifs is 2. The molecule has 266 valence electrons. The summed E-state index contributed by atoms with van der Waals surface area (Å²) in [6.45, 7) is 4.23. The van der Waals surface area contributed by atoms with Gasteiger partial charge in [-0.1, -0.05) is 51.2 Å². The lowest BCUT2D eigenvalue weighted by molar-refractivity contribution is -0.166. The number of nitrogens with one attached hydrogen (secondary N) is 2. The second-order valence-corrected chi connectivity index (χ2v) is 13.9. The highest BCUT2D eigenvalue weighted by Crippen LogP contribution is 2.37. The van der Waals surface area contributed by atoms with Crippen molar-refractivity contribution in [3.05, 3.63) is 59.7 Å². The summed E-state index contributed by atoms with van der Waals surface area (Å²) in [5.41, 5.74) is 2.55. The standard InChI is InChI=1S/C37H48N4O7.ClH/c1-2-3-7-20-41-35(45)32(33(43)26-8-5-4-6-9-26)38-36(46)37(41)18-21-40(22-19-37)24-28-23-31(42)48-39-34(44)27-12-16-30(17-13-27)47-29-14-10-25(28)11-15-29;/h10-17,26,28,32-33,43H,2-9,18-24H2,1H3,(H,38,46)(H,39,44);1H/t28-,32+,33+;/m0./s1. The van der Waals surface area contributed by atoms with Gasteiger partial charge < -0.3 is 29.8 Å². The Bertz CT molecular complexity index is 1460. The fourth-order valence-electron chi connectivity index (χ4n) is 7.89. The van der Waals surface area contributed by atoms with Gasteiger partial charge in [-0.2, -0.15) is 5.48 Å². The summed E-state index contributed by atoms with van der Waals surface area (Å²) < 4.78 is 5.96. The third-order valence-corrected chi connectivity index (χ3v) is 10.8. The third kappa shape index (κ3) is 8.22. The second-order valence-electron chi connectivity index (χ2n) is 13.9. The number of aliphatic hydroxyl groups excluding tert-OH is 1. The molecule has 3 N–H and O–H groups in total. The average molecular weight is 697 g/mol. The molecule has 1 aliphatic carbocycles. The number of hydrogen-bond donors (Lipinski definition) is 3. The van der Waals surface area contributed by atoms with Crippen LogP contribution in [0.15, 0.2) is 48.5 Å². The van der Waals surface area contributed by atoms with E-state index in [9.17, 15) is 24.3 Å². The first kappa shape index (κ1) is 36.6. The number of piperidine rings is 1. The Labute approximate surface area is 294 Å². The molecule has 1 spiro atoms. The molecule has 5 heterocycles. The minimum atomic E-state index is -0.967. The Morgan fingerprint density at radius 3 is 2.22 bits per heavy atom. The topological polar surface area (TPSA) is 138 Å². The van der Waals surface area contributed by atoms with Crippen molar-refractivity contribution in [1.29, 1.82) is 0 Å². The van der Waals surface area contributed by atoms with E-state index in [1.54, 1.807) is 29.2 Å². The molecule has 1 saturated carbocycles. The number of amides is 3. The van der Waals surface area contributed by atoms with Crippen LogP contribution in [0.3, 0.4) is 0 Å². The largest absolute Gasteiger partial charge is 0.457 e. The summed E-state index contributed by atoms with van der Waals surface area (Å²) in [5.74, 6) is -0.448. The molecule has 6 aliphatic rings. The summed E-state index contributed by atoms with van der Waals surface area (Å²) >= 11 is 0. The summed E-state index contributed by atoms with van der Waals surface area (Å²) in [5, 5.41) is 14.3. The van der Waals surface area contributed by atoms with E-state index in [-0.39, 0.29) is 42.5 Å². The number of nitrogens with zero attached hydrogens (tertiary/aromatic N) is 2. The van der Waals surface area contributed by atoms with E-state index in [0.717, 1.165) is 56.9 Å². The number of hydrogen-bond acceptors (Lipinski definition) is 8. The van der Waals surface area contributed by atoms with Gasteiger partial charge in [0, 0.05) is 37.7 Å². The predicted molar refractivity (Wildman–Crippen MR) is 185 cm³/mol. The maximum Gasteiger partial charge on any atom is 0.332 e. The van der Waals surface area contributed by atoms with Crippen molar-refractivity contribution in [2.45, 2.75) is 101 Å². The molecule has 2 aromatic rings. The number of unbranched alkanes of at least 4 members (excludes halogenated alkanes) is 2. The van der Waals surface area contributed by atoms with E-state index in [4.69, 9.17) is 9.57 Å². The lowest BCUT2D eigenvalue weighted by Gasteiger charge is -2.53. The highest BCUT2D eigenvalue weighted by atomic mass is 35.5.